The Kier molecular flexibility index (Phi) is 10.3. The van der Waals surface area contributed by atoms with Crippen molar-refractivity contribution in [1.82, 2.24) is 14.7 Å². The Hall–Kier alpha value is -2.75. The summed E-state index contributed by atoms with van der Waals surface area (Å²) in [5, 5.41) is 13.8. The van der Waals surface area contributed by atoms with Gasteiger partial charge in [0.25, 0.3) is 0 Å². The van der Waals surface area contributed by atoms with Gasteiger partial charge in [-0.25, -0.2) is 0 Å². The van der Waals surface area contributed by atoms with Crippen molar-refractivity contribution in [2.75, 3.05) is 58.2 Å². The van der Waals surface area contributed by atoms with Gasteiger partial charge in [-0.05, 0) is 103 Å². The zero-order chi connectivity index (χ0) is 27.1. The average Bonchev–Trinajstić information content (AvgIpc) is 2.84. The van der Waals surface area contributed by atoms with Crippen LogP contribution in [0.25, 0.3) is 0 Å². The lowest BCUT2D eigenvalue weighted by atomic mass is 10.3. The molecule has 0 aromatic heterocycles. The van der Waals surface area contributed by atoms with Crippen LogP contribution >= 0.6 is 7.92 Å². The van der Waals surface area contributed by atoms with Crippen LogP contribution in [0.15, 0.2) is 72.8 Å². The number of benzene rings is 3. The Bertz CT molecular complexity index is 997. The first-order chi connectivity index (χ1) is 17.5. The molecule has 3 unspecified atom stereocenters. The summed E-state index contributed by atoms with van der Waals surface area (Å²) in [6, 6.07) is 25.4. The SMILES string of the molecule is CN(C)C(N)Nc1cccc(P(c2cccc(NC(N)N(C)C)c2)c2cccc(NC(N)N(C)C)c2)c1. The second kappa shape index (κ2) is 13.2. The first-order valence-electron chi connectivity index (χ1n) is 12.2. The second-order valence-corrected chi connectivity index (χ2v) is 11.9. The fraction of sp³-hybridized carbons (Fsp3) is 0.333. The van der Waals surface area contributed by atoms with E-state index in [0.29, 0.717) is 0 Å². The predicted molar refractivity (Wildman–Crippen MR) is 161 cm³/mol. The maximum absolute atomic E-state index is 6.25. The fourth-order valence-electron chi connectivity index (χ4n) is 3.55. The van der Waals surface area contributed by atoms with Crippen molar-refractivity contribution in [3.8, 4) is 0 Å². The molecule has 0 heterocycles. The van der Waals surface area contributed by atoms with Crippen molar-refractivity contribution in [3.05, 3.63) is 72.8 Å². The zero-order valence-electron chi connectivity index (χ0n) is 22.7. The number of hydrogen-bond acceptors (Lipinski definition) is 9. The van der Waals surface area contributed by atoms with Gasteiger partial charge in [-0.3, -0.25) is 31.9 Å². The van der Waals surface area contributed by atoms with Gasteiger partial charge >= 0.3 is 0 Å². The summed E-state index contributed by atoms with van der Waals surface area (Å²) >= 11 is 0. The van der Waals surface area contributed by atoms with E-state index in [1.807, 2.05) is 75.2 Å². The highest BCUT2D eigenvalue weighted by molar-refractivity contribution is 7.79. The standard InChI is InChI=1S/C27H42N9P/c1-34(2)25(28)31-19-10-7-13-22(16-19)37(23-14-8-11-20(17-23)32-26(29)35(3)4)24-15-9-12-21(18-24)33-27(30)36(5)6/h7-18,25-27,31-33H,28-30H2,1-6H3. The average molecular weight is 524 g/mol. The van der Waals surface area contributed by atoms with E-state index in [9.17, 15) is 0 Å². The van der Waals surface area contributed by atoms with E-state index in [-0.39, 0.29) is 18.9 Å². The van der Waals surface area contributed by atoms with Gasteiger partial charge in [-0.1, -0.05) is 36.4 Å². The third-order valence-corrected chi connectivity index (χ3v) is 8.31. The van der Waals surface area contributed by atoms with Crippen LogP contribution in [-0.4, -0.2) is 75.9 Å². The van der Waals surface area contributed by atoms with Gasteiger partial charge in [0, 0.05) is 17.1 Å². The Labute approximate surface area is 222 Å². The topological polar surface area (TPSA) is 124 Å². The van der Waals surface area contributed by atoms with E-state index in [4.69, 9.17) is 17.2 Å². The Morgan fingerprint density at radius 2 is 0.784 bits per heavy atom. The lowest BCUT2D eigenvalue weighted by Gasteiger charge is -2.26. The number of nitrogens with zero attached hydrogens (tertiary/aromatic N) is 3. The lowest BCUT2D eigenvalue weighted by Crippen LogP contribution is -2.43. The predicted octanol–water partition coefficient (Wildman–Crippen LogP) is 1.09. The molecule has 0 aliphatic heterocycles. The summed E-state index contributed by atoms with van der Waals surface area (Å²) in [6.45, 7) is 0. The van der Waals surface area contributed by atoms with Crippen LogP contribution in [0.1, 0.15) is 0 Å². The molecule has 0 radical (unpaired) electrons. The summed E-state index contributed by atoms with van der Waals surface area (Å²) in [5.41, 5.74) is 21.7. The summed E-state index contributed by atoms with van der Waals surface area (Å²) in [7, 11) is 10.8. The van der Waals surface area contributed by atoms with Gasteiger partial charge in [-0.15, -0.1) is 0 Å². The highest BCUT2D eigenvalue weighted by Gasteiger charge is 2.19. The van der Waals surface area contributed by atoms with Crippen LogP contribution in [0, 0.1) is 0 Å². The lowest BCUT2D eigenvalue weighted by molar-refractivity contribution is 0.330. The molecular formula is C27H42N9P. The molecule has 0 fully saturated rings. The molecule has 0 aliphatic carbocycles. The Morgan fingerprint density at radius 3 is 1.03 bits per heavy atom. The van der Waals surface area contributed by atoms with Crippen molar-refractivity contribution in [2.24, 2.45) is 17.2 Å². The highest BCUT2D eigenvalue weighted by atomic mass is 31.1. The Balaban J connectivity index is 2.06. The van der Waals surface area contributed by atoms with Crippen molar-refractivity contribution in [1.29, 1.82) is 0 Å². The molecule has 0 saturated heterocycles. The van der Waals surface area contributed by atoms with Crippen molar-refractivity contribution < 1.29 is 0 Å². The third kappa shape index (κ3) is 8.12. The van der Waals surface area contributed by atoms with E-state index in [1.165, 1.54) is 15.9 Å². The summed E-state index contributed by atoms with van der Waals surface area (Å²) in [4.78, 5) is 5.80. The minimum Gasteiger partial charge on any atom is -0.358 e. The van der Waals surface area contributed by atoms with Crippen LogP contribution in [0.3, 0.4) is 0 Å². The smallest absolute Gasteiger partial charge is 0.131 e. The summed E-state index contributed by atoms with van der Waals surface area (Å²) in [5.74, 6) is 0. The molecule has 0 spiro atoms. The van der Waals surface area contributed by atoms with Crippen LogP contribution < -0.4 is 49.1 Å². The Morgan fingerprint density at radius 1 is 0.514 bits per heavy atom. The molecule has 200 valence electrons. The van der Waals surface area contributed by atoms with E-state index in [0.717, 1.165) is 17.1 Å². The largest absolute Gasteiger partial charge is 0.358 e. The molecule has 0 saturated carbocycles. The molecule has 0 bridgehead atoms. The van der Waals surface area contributed by atoms with E-state index in [1.54, 1.807) is 0 Å². The number of hydrogen-bond donors (Lipinski definition) is 6. The van der Waals surface area contributed by atoms with Crippen molar-refractivity contribution >= 4 is 40.9 Å². The minimum atomic E-state index is -0.899. The molecule has 3 atom stereocenters. The third-order valence-electron chi connectivity index (χ3n) is 5.93. The summed E-state index contributed by atoms with van der Waals surface area (Å²) < 4.78 is 0. The monoisotopic (exact) mass is 523 g/mol. The van der Waals surface area contributed by atoms with E-state index >= 15 is 0 Å². The van der Waals surface area contributed by atoms with Gasteiger partial charge in [-0.2, -0.15) is 0 Å². The van der Waals surface area contributed by atoms with E-state index in [2.05, 4.69) is 70.5 Å². The van der Waals surface area contributed by atoms with Crippen LogP contribution in [-0.2, 0) is 0 Å². The molecule has 9 nitrogen and oxygen atoms in total. The van der Waals surface area contributed by atoms with Crippen molar-refractivity contribution in [3.63, 3.8) is 0 Å². The normalized spacial score (nSPS) is 14.9. The molecular weight excluding hydrogens is 481 g/mol. The first-order valence-corrected chi connectivity index (χ1v) is 13.6. The number of anilines is 3. The number of rotatable bonds is 12. The van der Waals surface area contributed by atoms with Crippen LogP contribution in [0.4, 0.5) is 17.1 Å². The quantitative estimate of drug-likeness (QED) is 0.153. The molecule has 0 aliphatic rings. The van der Waals surface area contributed by atoms with Gasteiger partial charge in [0.2, 0.25) is 0 Å². The van der Waals surface area contributed by atoms with Gasteiger partial charge < -0.3 is 16.0 Å². The van der Waals surface area contributed by atoms with Gasteiger partial charge in [0.1, 0.15) is 18.9 Å². The van der Waals surface area contributed by atoms with Gasteiger partial charge in [0.15, 0.2) is 0 Å². The number of nitrogens with one attached hydrogen (secondary N) is 3. The molecule has 3 aromatic carbocycles. The first kappa shape index (κ1) is 28.8. The zero-order valence-corrected chi connectivity index (χ0v) is 23.6. The second-order valence-electron chi connectivity index (χ2n) is 9.64. The fourth-order valence-corrected chi connectivity index (χ4v) is 5.96. The van der Waals surface area contributed by atoms with Crippen LogP contribution in [0.2, 0.25) is 0 Å². The molecule has 9 N–H and O–H groups in total. The van der Waals surface area contributed by atoms with E-state index < -0.39 is 7.92 Å². The number of nitrogens with two attached hydrogens (primary N) is 3. The molecule has 0 amide bonds. The van der Waals surface area contributed by atoms with Crippen molar-refractivity contribution in [2.45, 2.75) is 18.9 Å². The van der Waals surface area contributed by atoms with Gasteiger partial charge in [0.05, 0.1) is 0 Å². The minimum absolute atomic E-state index is 0.290. The molecule has 10 heteroatoms. The maximum Gasteiger partial charge on any atom is 0.131 e. The molecule has 3 rings (SSSR count). The highest BCUT2D eigenvalue weighted by Crippen LogP contribution is 2.35. The summed E-state index contributed by atoms with van der Waals surface area (Å²) in [6.07, 6.45) is -0.871. The molecule has 3 aromatic rings. The van der Waals surface area contributed by atoms with Crippen LogP contribution in [0.5, 0.6) is 0 Å². The molecule has 37 heavy (non-hydrogen) atoms. The maximum atomic E-state index is 6.25.